The summed E-state index contributed by atoms with van der Waals surface area (Å²) in [5, 5.41) is 4.08. The summed E-state index contributed by atoms with van der Waals surface area (Å²) in [6.07, 6.45) is 4.96. The Morgan fingerprint density at radius 1 is 1.35 bits per heavy atom. The van der Waals surface area contributed by atoms with Gasteiger partial charge in [-0.25, -0.2) is 9.48 Å². The van der Waals surface area contributed by atoms with Gasteiger partial charge in [0.15, 0.2) is 0 Å². The normalized spacial score (nSPS) is 10.7. The summed E-state index contributed by atoms with van der Waals surface area (Å²) in [6, 6.07) is 11.4. The molecule has 0 aliphatic carbocycles. The minimum atomic E-state index is -0.435. The average Bonchev–Trinajstić information content (AvgIpc) is 2.88. The van der Waals surface area contributed by atoms with Crippen molar-refractivity contribution in [3.8, 4) is 0 Å². The molecule has 0 bridgehead atoms. The van der Waals surface area contributed by atoms with Crippen molar-refractivity contribution in [2.45, 2.75) is 13.5 Å². The van der Waals surface area contributed by atoms with E-state index < -0.39 is 5.97 Å². The molecule has 0 amide bonds. The Kier molecular flexibility index (Phi) is 4.50. The van der Waals surface area contributed by atoms with E-state index in [1.54, 1.807) is 23.2 Å². The molecule has 0 saturated heterocycles. The number of benzene rings is 1. The second kappa shape index (κ2) is 6.52. The standard InChI is InChI=1S/C16H16N2O2/c1-13(9-11-18-14(2)8-10-17-18)16(19)20-12-15-6-4-3-5-7-15/h3-11H,1,12H2,2H3/b11-9-. The Bertz CT molecular complexity index is 627. The first kappa shape index (κ1) is 13.8. The van der Waals surface area contributed by atoms with Gasteiger partial charge in [-0.2, -0.15) is 5.10 Å². The topological polar surface area (TPSA) is 44.1 Å². The maximum Gasteiger partial charge on any atom is 0.337 e. The van der Waals surface area contributed by atoms with E-state index in [2.05, 4.69) is 11.7 Å². The Balaban J connectivity index is 1.88. The lowest BCUT2D eigenvalue weighted by Gasteiger charge is -2.04. The van der Waals surface area contributed by atoms with E-state index in [0.717, 1.165) is 11.3 Å². The molecule has 20 heavy (non-hydrogen) atoms. The van der Waals surface area contributed by atoms with Gasteiger partial charge in [-0.3, -0.25) is 0 Å². The van der Waals surface area contributed by atoms with Crippen LogP contribution in [0.2, 0.25) is 0 Å². The molecule has 1 aromatic carbocycles. The van der Waals surface area contributed by atoms with Gasteiger partial charge in [-0.15, -0.1) is 0 Å². The number of aryl methyl sites for hydroxylation is 1. The molecule has 0 aliphatic heterocycles. The van der Waals surface area contributed by atoms with Crippen molar-refractivity contribution in [3.05, 3.63) is 72.1 Å². The fourth-order valence-corrected chi connectivity index (χ4v) is 1.58. The smallest absolute Gasteiger partial charge is 0.337 e. The van der Waals surface area contributed by atoms with Crippen molar-refractivity contribution >= 4 is 12.2 Å². The number of rotatable bonds is 5. The van der Waals surface area contributed by atoms with E-state index in [4.69, 9.17) is 4.74 Å². The molecule has 0 radical (unpaired) electrons. The molecular weight excluding hydrogens is 252 g/mol. The zero-order chi connectivity index (χ0) is 14.4. The summed E-state index contributed by atoms with van der Waals surface area (Å²) in [5.41, 5.74) is 2.21. The third-order valence-corrected chi connectivity index (χ3v) is 2.76. The van der Waals surface area contributed by atoms with Gasteiger partial charge in [-0.1, -0.05) is 36.9 Å². The first-order chi connectivity index (χ1) is 9.66. The number of hydrogen-bond donors (Lipinski definition) is 0. The van der Waals surface area contributed by atoms with Crippen molar-refractivity contribution < 1.29 is 9.53 Å². The van der Waals surface area contributed by atoms with Crippen LogP contribution < -0.4 is 0 Å². The summed E-state index contributed by atoms with van der Waals surface area (Å²) < 4.78 is 6.83. The highest BCUT2D eigenvalue weighted by atomic mass is 16.5. The molecule has 0 spiro atoms. The number of nitrogens with zero attached hydrogens (tertiary/aromatic N) is 2. The molecule has 4 nitrogen and oxygen atoms in total. The lowest BCUT2D eigenvalue weighted by molar-refractivity contribution is -0.139. The molecular formula is C16H16N2O2. The van der Waals surface area contributed by atoms with Crippen LogP contribution in [-0.4, -0.2) is 15.7 Å². The molecule has 0 saturated carbocycles. The number of aromatic nitrogens is 2. The van der Waals surface area contributed by atoms with Crippen molar-refractivity contribution in [1.29, 1.82) is 0 Å². The molecule has 1 aromatic heterocycles. The van der Waals surface area contributed by atoms with E-state index in [0.29, 0.717) is 0 Å². The summed E-state index contributed by atoms with van der Waals surface area (Å²) >= 11 is 0. The van der Waals surface area contributed by atoms with E-state index in [1.807, 2.05) is 43.3 Å². The molecule has 0 N–H and O–H groups in total. The van der Waals surface area contributed by atoms with Gasteiger partial charge in [-0.05, 0) is 24.6 Å². The third kappa shape index (κ3) is 3.68. The molecule has 0 unspecified atom stereocenters. The molecule has 4 heteroatoms. The second-order valence-corrected chi connectivity index (χ2v) is 4.32. The predicted molar refractivity (Wildman–Crippen MR) is 77.7 cm³/mol. The van der Waals surface area contributed by atoms with Crippen LogP contribution in [0.25, 0.3) is 6.20 Å². The Hall–Kier alpha value is -2.62. The Morgan fingerprint density at radius 3 is 2.75 bits per heavy atom. The van der Waals surface area contributed by atoms with Gasteiger partial charge in [0, 0.05) is 18.1 Å². The zero-order valence-corrected chi connectivity index (χ0v) is 11.3. The van der Waals surface area contributed by atoms with Gasteiger partial charge in [0.2, 0.25) is 0 Å². The quantitative estimate of drug-likeness (QED) is 0.476. The minimum Gasteiger partial charge on any atom is -0.457 e. The van der Waals surface area contributed by atoms with Crippen LogP contribution in [-0.2, 0) is 16.1 Å². The Labute approximate surface area is 118 Å². The van der Waals surface area contributed by atoms with Gasteiger partial charge in [0.05, 0.1) is 5.57 Å². The molecule has 2 aromatic rings. The number of hydrogen-bond acceptors (Lipinski definition) is 3. The number of carbonyl (C=O) groups is 1. The molecule has 0 aliphatic rings. The van der Waals surface area contributed by atoms with Gasteiger partial charge < -0.3 is 4.74 Å². The summed E-state index contributed by atoms with van der Waals surface area (Å²) in [6.45, 7) is 5.86. The van der Waals surface area contributed by atoms with E-state index >= 15 is 0 Å². The van der Waals surface area contributed by atoms with E-state index in [1.165, 1.54) is 0 Å². The number of esters is 1. The van der Waals surface area contributed by atoms with Crippen molar-refractivity contribution in [1.82, 2.24) is 9.78 Å². The van der Waals surface area contributed by atoms with E-state index in [-0.39, 0.29) is 12.2 Å². The van der Waals surface area contributed by atoms with Crippen LogP contribution in [0.3, 0.4) is 0 Å². The highest BCUT2D eigenvalue weighted by Gasteiger charge is 2.05. The lowest BCUT2D eigenvalue weighted by Crippen LogP contribution is -2.06. The Morgan fingerprint density at radius 2 is 2.10 bits per heavy atom. The van der Waals surface area contributed by atoms with Crippen LogP contribution in [0.4, 0.5) is 0 Å². The molecule has 2 rings (SSSR count). The van der Waals surface area contributed by atoms with Crippen LogP contribution in [0.5, 0.6) is 0 Å². The fraction of sp³-hybridized carbons (Fsp3) is 0.125. The van der Waals surface area contributed by atoms with Crippen LogP contribution in [0.1, 0.15) is 11.3 Å². The third-order valence-electron chi connectivity index (χ3n) is 2.76. The largest absolute Gasteiger partial charge is 0.457 e. The van der Waals surface area contributed by atoms with Crippen molar-refractivity contribution in [2.24, 2.45) is 0 Å². The van der Waals surface area contributed by atoms with E-state index in [9.17, 15) is 4.79 Å². The zero-order valence-electron chi connectivity index (χ0n) is 11.3. The van der Waals surface area contributed by atoms with Crippen LogP contribution >= 0.6 is 0 Å². The first-order valence-corrected chi connectivity index (χ1v) is 6.25. The molecule has 0 fully saturated rings. The highest BCUT2D eigenvalue weighted by molar-refractivity contribution is 5.91. The van der Waals surface area contributed by atoms with Gasteiger partial charge in [0.1, 0.15) is 6.61 Å². The monoisotopic (exact) mass is 268 g/mol. The number of ether oxygens (including phenoxy) is 1. The van der Waals surface area contributed by atoms with Crippen molar-refractivity contribution in [2.75, 3.05) is 0 Å². The van der Waals surface area contributed by atoms with Gasteiger partial charge in [0.25, 0.3) is 0 Å². The highest BCUT2D eigenvalue weighted by Crippen LogP contribution is 2.05. The van der Waals surface area contributed by atoms with Crippen LogP contribution in [0.15, 0.2) is 60.8 Å². The first-order valence-electron chi connectivity index (χ1n) is 6.25. The lowest BCUT2D eigenvalue weighted by atomic mass is 10.2. The average molecular weight is 268 g/mol. The summed E-state index contributed by atoms with van der Waals surface area (Å²) in [4.78, 5) is 11.8. The second-order valence-electron chi connectivity index (χ2n) is 4.32. The molecule has 1 heterocycles. The number of carbonyl (C=O) groups excluding carboxylic acids is 1. The van der Waals surface area contributed by atoms with Crippen molar-refractivity contribution in [3.63, 3.8) is 0 Å². The molecule has 102 valence electrons. The fourth-order valence-electron chi connectivity index (χ4n) is 1.58. The predicted octanol–water partition coefficient (Wildman–Crippen LogP) is 2.96. The maximum atomic E-state index is 11.8. The summed E-state index contributed by atoms with van der Waals surface area (Å²) in [7, 11) is 0. The maximum absolute atomic E-state index is 11.8. The van der Waals surface area contributed by atoms with Gasteiger partial charge >= 0.3 is 5.97 Å². The summed E-state index contributed by atoms with van der Waals surface area (Å²) in [5.74, 6) is -0.435. The molecule has 0 atom stereocenters. The SMILES string of the molecule is C=C(/C=C\n1nccc1C)C(=O)OCc1ccccc1. The van der Waals surface area contributed by atoms with Crippen LogP contribution in [0, 0.1) is 6.92 Å². The minimum absolute atomic E-state index is 0.243.